The molecule has 10 heteroatoms. The molecular weight excluding hydrogens is 495 g/mol. The van der Waals surface area contributed by atoms with E-state index in [9.17, 15) is 8.42 Å². The summed E-state index contributed by atoms with van der Waals surface area (Å²) in [6.07, 6.45) is 3.12. The molecule has 0 spiro atoms. The molecular formula is C18H37IN4O4S. The van der Waals surface area contributed by atoms with Gasteiger partial charge in [0.25, 0.3) is 0 Å². The molecule has 2 saturated heterocycles. The third-order valence-electron chi connectivity index (χ3n) is 4.91. The van der Waals surface area contributed by atoms with Crippen LogP contribution in [0.1, 0.15) is 26.2 Å². The number of hydrogen-bond donors (Lipinski definition) is 2. The molecule has 2 fully saturated rings. The molecule has 0 saturated carbocycles. The molecule has 2 aliphatic heterocycles. The molecule has 8 nitrogen and oxygen atoms in total. The van der Waals surface area contributed by atoms with Crippen molar-refractivity contribution in [1.82, 2.24) is 15.5 Å². The summed E-state index contributed by atoms with van der Waals surface area (Å²) >= 11 is 0. The molecule has 0 aromatic carbocycles. The van der Waals surface area contributed by atoms with Gasteiger partial charge in [0, 0.05) is 65.7 Å². The smallest absolute Gasteiger partial charge is 0.191 e. The molecule has 0 atom stereocenters. The van der Waals surface area contributed by atoms with Crippen LogP contribution in [0.2, 0.25) is 0 Å². The molecule has 0 aliphatic carbocycles. The summed E-state index contributed by atoms with van der Waals surface area (Å²) in [5, 5.41) is 6.57. The Kier molecular flexibility index (Phi) is 13.6. The van der Waals surface area contributed by atoms with Gasteiger partial charge in [-0.05, 0) is 32.1 Å². The Balaban J connectivity index is 0.00000392. The Hall–Kier alpha value is -0.170. The fourth-order valence-corrected chi connectivity index (χ4v) is 4.45. The van der Waals surface area contributed by atoms with Crippen molar-refractivity contribution in [3.63, 3.8) is 0 Å². The first-order chi connectivity index (χ1) is 13.1. The van der Waals surface area contributed by atoms with E-state index in [4.69, 9.17) is 9.47 Å². The van der Waals surface area contributed by atoms with Crippen molar-refractivity contribution in [2.45, 2.75) is 26.2 Å². The van der Waals surface area contributed by atoms with E-state index in [2.05, 4.69) is 20.5 Å². The number of halogens is 1. The van der Waals surface area contributed by atoms with Crippen LogP contribution in [0.3, 0.4) is 0 Å². The molecule has 0 aromatic rings. The van der Waals surface area contributed by atoms with Crippen LogP contribution in [-0.4, -0.2) is 96.5 Å². The van der Waals surface area contributed by atoms with Crippen molar-refractivity contribution in [2.24, 2.45) is 10.9 Å². The minimum atomic E-state index is -2.81. The molecule has 2 aliphatic rings. The van der Waals surface area contributed by atoms with Crippen LogP contribution < -0.4 is 10.6 Å². The van der Waals surface area contributed by atoms with E-state index in [1.165, 1.54) is 0 Å². The number of guanidine groups is 1. The van der Waals surface area contributed by atoms with Gasteiger partial charge in [-0.3, -0.25) is 9.89 Å². The minimum Gasteiger partial charge on any atom is -0.381 e. The Morgan fingerprint density at radius 3 is 2.61 bits per heavy atom. The number of aliphatic imine (C=N–C) groups is 1. The zero-order valence-corrected chi connectivity index (χ0v) is 20.2. The van der Waals surface area contributed by atoms with Crippen LogP contribution in [0.15, 0.2) is 4.99 Å². The predicted molar refractivity (Wildman–Crippen MR) is 123 cm³/mol. The van der Waals surface area contributed by atoms with Crippen LogP contribution >= 0.6 is 24.0 Å². The van der Waals surface area contributed by atoms with Crippen molar-refractivity contribution < 1.29 is 17.9 Å². The first kappa shape index (κ1) is 25.9. The number of nitrogens with one attached hydrogen (secondary N) is 2. The van der Waals surface area contributed by atoms with Crippen molar-refractivity contribution in [2.75, 3.05) is 77.2 Å². The van der Waals surface area contributed by atoms with Crippen LogP contribution in [-0.2, 0) is 19.3 Å². The second-order valence-electron chi connectivity index (χ2n) is 7.17. The van der Waals surface area contributed by atoms with Gasteiger partial charge in [-0.2, -0.15) is 0 Å². The Bertz CT molecular complexity index is 528. The third kappa shape index (κ3) is 11.1. The monoisotopic (exact) mass is 532 g/mol. The van der Waals surface area contributed by atoms with Crippen molar-refractivity contribution >= 4 is 39.8 Å². The molecule has 0 radical (unpaired) electrons. The second-order valence-corrected chi connectivity index (χ2v) is 9.47. The Labute approximate surface area is 187 Å². The lowest BCUT2D eigenvalue weighted by Crippen LogP contribution is -2.46. The summed E-state index contributed by atoms with van der Waals surface area (Å²) in [4.78, 5) is 6.77. The maximum atomic E-state index is 11.5. The van der Waals surface area contributed by atoms with Crippen LogP contribution in [0.4, 0.5) is 0 Å². The first-order valence-corrected chi connectivity index (χ1v) is 12.0. The zero-order chi connectivity index (χ0) is 19.4. The minimum absolute atomic E-state index is 0. The van der Waals surface area contributed by atoms with Gasteiger partial charge in [-0.1, -0.05) is 0 Å². The highest BCUT2D eigenvalue weighted by molar-refractivity contribution is 14.0. The van der Waals surface area contributed by atoms with Gasteiger partial charge in [-0.15, -0.1) is 24.0 Å². The zero-order valence-electron chi connectivity index (χ0n) is 17.0. The van der Waals surface area contributed by atoms with Gasteiger partial charge < -0.3 is 20.1 Å². The van der Waals surface area contributed by atoms with E-state index in [1.54, 1.807) is 0 Å². The summed E-state index contributed by atoms with van der Waals surface area (Å²) in [6, 6.07) is 0. The van der Waals surface area contributed by atoms with Crippen molar-refractivity contribution in [3.05, 3.63) is 0 Å². The normalized spacial score (nSPS) is 21.1. The quantitative estimate of drug-likeness (QED) is 0.186. The largest absolute Gasteiger partial charge is 0.381 e. The second kappa shape index (κ2) is 14.8. The molecule has 0 amide bonds. The van der Waals surface area contributed by atoms with E-state index < -0.39 is 9.84 Å². The van der Waals surface area contributed by atoms with Crippen molar-refractivity contribution in [3.8, 4) is 0 Å². The van der Waals surface area contributed by atoms with E-state index in [-0.39, 0.29) is 35.5 Å². The molecule has 166 valence electrons. The number of nitrogens with zero attached hydrogens (tertiary/aromatic N) is 2. The maximum absolute atomic E-state index is 11.5. The molecule has 0 aromatic heterocycles. The first-order valence-electron chi connectivity index (χ1n) is 10.2. The summed E-state index contributed by atoms with van der Waals surface area (Å²) in [6.45, 7) is 9.72. The lowest BCUT2D eigenvalue weighted by Gasteiger charge is -2.26. The van der Waals surface area contributed by atoms with Crippen LogP contribution in [0.25, 0.3) is 0 Å². The number of hydrogen-bond acceptors (Lipinski definition) is 6. The number of ether oxygens (including phenoxy) is 2. The average Bonchev–Trinajstić information content (AvgIpc) is 2.66. The summed E-state index contributed by atoms with van der Waals surface area (Å²) in [5.74, 6) is 2.00. The standard InChI is InChI=1S/C18H36N4O4S.HI/c1-2-19-18(21-7-8-22-9-14-27(23,24)15-10-22)20-6-3-11-26-16-17-4-12-25-13-5-17;/h17H,2-16H2,1H3,(H2,19,20,21);1H. The lowest BCUT2D eigenvalue weighted by atomic mass is 10.0. The fraction of sp³-hybridized carbons (Fsp3) is 0.944. The highest BCUT2D eigenvalue weighted by Crippen LogP contribution is 2.14. The maximum Gasteiger partial charge on any atom is 0.191 e. The lowest BCUT2D eigenvalue weighted by molar-refractivity contribution is 0.0205. The van der Waals surface area contributed by atoms with E-state index in [1.807, 2.05) is 6.92 Å². The summed E-state index contributed by atoms with van der Waals surface area (Å²) < 4.78 is 34.0. The van der Waals surface area contributed by atoms with E-state index in [0.717, 1.165) is 77.8 Å². The van der Waals surface area contributed by atoms with Crippen molar-refractivity contribution in [1.29, 1.82) is 0 Å². The molecule has 2 rings (SSSR count). The number of rotatable bonds is 10. The van der Waals surface area contributed by atoms with Gasteiger partial charge in [0.15, 0.2) is 15.8 Å². The fourth-order valence-electron chi connectivity index (χ4n) is 3.17. The molecule has 2 heterocycles. The van der Waals surface area contributed by atoms with Crippen LogP contribution in [0, 0.1) is 5.92 Å². The van der Waals surface area contributed by atoms with Gasteiger partial charge >= 0.3 is 0 Å². The summed E-state index contributed by atoms with van der Waals surface area (Å²) in [5.41, 5.74) is 0. The average molecular weight is 532 g/mol. The molecule has 0 bridgehead atoms. The highest BCUT2D eigenvalue weighted by atomic mass is 127. The van der Waals surface area contributed by atoms with E-state index >= 15 is 0 Å². The SMILES string of the molecule is CCNC(=NCCCOCC1CCOCC1)NCCN1CCS(=O)(=O)CC1.I. The molecule has 28 heavy (non-hydrogen) atoms. The molecule has 0 unspecified atom stereocenters. The summed E-state index contributed by atoms with van der Waals surface area (Å²) in [7, 11) is -2.81. The highest BCUT2D eigenvalue weighted by Gasteiger charge is 2.20. The Morgan fingerprint density at radius 1 is 1.21 bits per heavy atom. The predicted octanol–water partition coefficient (Wildman–Crippen LogP) is 0.723. The van der Waals surface area contributed by atoms with Gasteiger partial charge in [-0.25, -0.2) is 8.42 Å². The topological polar surface area (TPSA) is 92.3 Å². The molecule has 2 N–H and O–H groups in total. The van der Waals surface area contributed by atoms with Crippen LogP contribution in [0.5, 0.6) is 0 Å². The van der Waals surface area contributed by atoms with E-state index in [0.29, 0.717) is 19.0 Å². The Morgan fingerprint density at radius 2 is 1.93 bits per heavy atom. The number of sulfone groups is 1. The van der Waals surface area contributed by atoms with Gasteiger partial charge in [0.1, 0.15) is 0 Å². The van der Waals surface area contributed by atoms with Gasteiger partial charge in [0.05, 0.1) is 11.5 Å². The third-order valence-corrected chi connectivity index (χ3v) is 6.52. The van der Waals surface area contributed by atoms with Gasteiger partial charge in [0.2, 0.25) is 0 Å².